The molecule has 0 radical (unpaired) electrons. The van der Waals surface area contributed by atoms with E-state index in [0.717, 1.165) is 17.1 Å². The smallest absolute Gasteiger partial charge is 0.231 e. The van der Waals surface area contributed by atoms with Gasteiger partial charge in [-0.1, -0.05) is 30.0 Å². The number of nitrogens with one attached hydrogen (secondary N) is 1. The van der Waals surface area contributed by atoms with E-state index in [9.17, 15) is 4.79 Å². The van der Waals surface area contributed by atoms with Gasteiger partial charge in [-0.15, -0.1) is 21.5 Å². The molecule has 0 saturated carbocycles. The number of aromatic nitrogens is 3. The molecule has 2 aromatic rings. The number of nitrogens with two attached hydrogens (primary N) is 1. The Balaban J connectivity index is 1.90. The molecule has 2 heterocycles. The second-order valence-electron chi connectivity index (χ2n) is 4.42. The summed E-state index contributed by atoms with van der Waals surface area (Å²) >= 11 is 4.26. The van der Waals surface area contributed by atoms with Crippen molar-refractivity contribution in [3.05, 3.63) is 15.6 Å². The number of anilines is 1. The summed E-state index contributed by atoms with van der Waals surface area (Å²) in [6.45, 7) is 6.07. The first-order chi connectivity index (χ1) is 9.99. The minimum atomic E-state index is -0.0360. The highest BCUT2D eigenvalue weighted by Gasteiger charge is 2.17. The zero-order valence-electron chi connectivity index (χ0n) is 12.0. The molecule has 9 heteroatoms. The number of thioether (sulfide) groups is 1. The molecule has 1 amide bonds. The number of rotatable bonds is 6. The summed E-state index contributed by atoms with van der Waals surface area (Å²) in [6, 6.07) is -0.0324. The third-order valence-electron chi connectivity index (χ3n) is 2.84. The van der Waals surface area contributed by atoms with Crippen molar-refractivity contribution in [1.82, 2.24) is 20.5 Å². The van der Waals surface area contributed by atoms with E-state index in [0.29, 0.717) is 15.2 Å². The number of amides is 1. The van der Waals surface area contributed by atoms with Crippen LogP contribution in [0.5, 0.6) is 0 Å². The average molecular weight is 344 g/mol. The van der Waals surface area contributed by atoms with Crippen LogP contribution in [0.2, 0.25) is 0 Å². The van der Waals surface area contributed by atoms with Crippen LogP contribution in [-0.4, -0.2) is 26.8 Å². The third-order valence-corrected chi connectivity index (χ3v) is 5.91. The molecule has 0 fully saturated rings. The number of carbonyl (C=O) groups excluding carboxylic acids is 1. The van der Waals surface area contributed by atoms with Gasteiger partial charge in [0.2, 0.25) is 11.0 Å². The molecule has 2 aromatic heterocycles. The lowest BCUT2D eigenvalue weighted by molar-refractivity contribution is -0.119. The van der Waals surface area contributed by atoms with Gasteiger partial charge in [-0.05, 0) is 20.3 Å². The fourth-order valence-corrected chi connectivity index (χ4v) is 4.13. The first kappa shape index (κ1) is 16.2. The average Bonchev–Trinajstić information content (AvgIpc) is 3.00. The summed E-state index contributed by atoms with van der Waals surface area (Å²) < 4.78 is 0.705. The number of nitrogen functional groups attached to an aromatic ring is 1. The standard InChI is InChI=1S/C12H17N5OS3/c1-4-8(10-14-6(2)7(3)20-10)15-9(18)5-19-12-17-16-11(13)21-12/h8H,4-5H2,1-3H3,(H2,13,16)(H,15,18)/t8-/m0/s1. The molecule has 114 valence electrons. The van der Waals surface area contributed by atoms with E-state index in [4.69, 9.17) is 5.73 Å². The lowest BCUT2D eigenvalue weighted by Gasteiger charge is -2.13. The monoisotopic (exact) mass is 343 g/mol. The van der Waals surface area contributed by atoms with Gasteiger partial charge in [-0.25, -0.2) is 4.98 Å². The summed E-state index contributed by atoms with van der Waals surface area (Å²) in [7, 11) is 0. The highest BCUT2D eigenvalue weighted by atomic mass is 32.2. The van der Waals surface area contributed by atoms with Crippen molar-refractivity contribution in [3.8, 4) is 0 Å². The van der Waals surface area contributed by atoms with Crippen molar-refractivity contribution >= 4 is 45.5 Å². The van der Waals surface area contributed by atoms with E-state index in [1.54, 1.807) is 11.3 Å². The fourth-order valence-electron chi connectivity index (χ4n) is 1.63. The quantitative estimate of drug-likeness (QED) is 0.783. The van der Waals surface area contributed by atoms with Crippen LogP contribution in [0.3, 0.4) is 0 Å². The second-order valence-corrected chi connectivity index (χ2v) is 7.88. The van der Waals surface area contributed by atoms with Gasteiger partial charge in [0.1, 0.15) is 5.01 Å². The number of nitrogens with zero attached hydrogens (tertiary/aromatic N) is 3. The Kier molecular flexibility index (Phi) is 5.54. The topological polar surface area (TPSA) is 93.8 Å². The Labute approximate surface area is 135 Å². The molecule has 0 spiro atoms. The SMILES string of the molecule is CC[C@H](NC(=O)CSc1nnc(N)s1)c1nc(C)c(C)s1. The zero-order valence-corrected chi connectivity index (χ0v) is 14.5. The number of carbonyl (C=O) groups is 1. The highest BCUT2D eigenvalue weighted by molar-refractivity contribution is 8.01. The molecule has 2 rings (SSSR count). The first-order valence-electron chi connectivity index (χ1n) is 6.44. The Morgan fingerprint density at radius 1 is 1.38 bits per heavy atom. The van der Waals surface area contributed by atoms with Gasteiger partial charge < -0.3 is 11.1 Å². The van der Waals surface area contributed by atoms with E-state index in [-0.39, 0.29) is 11.9 Å². The van der Waals surface area contributed by atoms with Crippen molar-refractivity contribution in [2.45, 2.75) is 37.6 Å². The van der Waals surface area contributed by atoms with Crippen molar-refractivity contribution in [2.24, 2.45) is 0 Å². The summed E-state index contributed by atoms with van der Waals surface area (Å²) in [5.41, 5.74) is 6.53. The molecule has 6 nitrogen and oxygen atoms in total. The predicted molar refractivity (Wildman–Crippen MR) is 87.8 cm³/mol. The normalized spacial score (nSPS) is 12.3. The molecule has 0 aliphatic heterocycles. The Morgan fingerprint density at radius 3 is 2.67 bits per heavy atom. The molecule has 21 heavy (non-hydrogen) atoms. The Hall–Kier alpha value is -1.19. The lowest BCUT2D eigenvalue weighted by atomic mass is 10.2. The van der Waals surface area contributed by atoms with Gasteiger partial charge >= 0.3 is 0 Å². The molecule has 0 bridgehead atoms. The number of hydrogen-bond donors (Lipinski definition) is 2. The van der Waals surface area contributed by atoms with Crippen LogP contribution in [0.1, 0.15) is 35.0 Å². The van der Waals surface area contributed by atoms with Crippen LogP contribution in [0.4, 0.5) is 5.13 Å². The third kappa shape index (κ3) is 4.39. The predicted octanol–water partition coefficient (Wildman–Crippen LogP) is 2.55. The molecular formula is C12H17N5OS3. The number of hydrogen-bond acceptors (Lipinski definition) is 8. The summed E-state index contributed by atoms with van der Waals surface area (Å²) in [5, 5.41) is 12.0. The molecular weight excluding hydrogens is 326 g/mol. The van der Waals surface area contributed by atoms with Crippen LogP contribution >= 0.6 is 34.4 Å². The van der Waals surface area contributed by atoms with Crippen LogP contribution in [-0.2, 0) is 4.79 Å². The van der Waals surface area contributed by atoms with Crippen LogP contribution < -0.4 is 11.1 Å². The number of aryl methyl sites for hydroxylation is 2. The maximum Gasteiger partial charge on any atom is 0.231 e. The van der Waals surface area contributed by atoms with Crippen LogP contribution in [0, 0.1) is 13.8 Å². The van der Waals surface area contributed by atoms with Crippen LogP contribution in [0.25, 0.3) is 0 Å². The van der Waals surface area contributed by atoms with Crippen molar-refractivity contribution in [2.75, 3.05) is 11.5 Å². The van der Waals surface area contributed by atoms with Gasteiger partial charge in [0, 0.05) is 4.88 Å². The summed E-state index contributed by atoms with van der Waals surface area (Å²) in [6.07, 6.45) is 0.814. The van der Waals surface area contributed by atoms with Gasteiger partial charge in [-0.2, -0.15) is 0 Å². The molecule has 0 saturated heterocycles. The molecule has 0 aliphatic rings. The summed E-state index contributed by atoms with van der Waals surface area (Å²) in [5.74, 6) is 0.264. The Morgan fingerprint density at radius 2 is 2.14 bits per heavy atom. The lowest BCUT2D eigenvalue weighted by Crippen LogP contribution is -2.29. The minimum Gasteiger partial charge on any atom is -0.374 e. The largest absolute Gasteiger partial charge is 0.374 e. The van der Waals surface area contributed by atoms with Crippen LogP contribution in [0.15, 0.2) is 4.34 Å². The van der Waals surface area contributed by atoms with Crippen molar-refractivity contribution in [1.29, 1.82) is 0 Å². The van der Waals surface area contributed by atoms with Gasteiger partial charge in [-0.3, -0.25) is 4.79 Å². The molecule has 1 atom stereocenters. The van der Waals surface area contributed by atoms with E-state index in [1.165, 1.54) is 28.0 Å². The molecule has 0 aliphatic carbocycles. The molecule has 0 unspecified atom stereocenters. The zero-order chi connectivity index (χ0) is 15.4. The van der Waals surface area contributed by atoms with Gasteiger partial charge in [0.05, 0.1) is 17.5 Å². The molecule has 0 aromatic carbocycles. The van der Waals surface area contributed by atoms with E-state index in [1.807, 2.05) is 20.8 Å². The summed E-state index contributed by atoms with van der Waals surface area (Å²) in [4.78, 5) is 17.7. The van der Waals surface area contributed by atoms with Crippen molar-refractivity contribution in [3.63, 3.8) is 0 Å². The Bertz CT molecular complexity index is 605. The van der Waals surface area contributed by atoms with Crippen molar-refractivity contribution < 1.29 is 4.79 Å². The minimum absolute atomic E-state index is 0.0324. The molecule has 3 N–H and O–H groups in total. The maximum atomic E-state index is 12.0. The highest BCUT2D eigenvalue weighted by Crippen LogP contribution is 2.26. The second kappa shape index (κ2) is 7.19. The number of thiazole rings is 1. The fraction of sp³-hybridized carbons (Fsp3) is 0.500. The maximum absolute atomic E-state index is 12.0. The van der Waals surface area contributed by atoms with Gasteiger partial charge in [0.15, 0.2) is 4.34 Å². The van der Waals surface area contributed by atoms with Gasteiger partial charge in [0.25, 0.3) is 0 Å². The van der Waals surface area contributed by atoms with E-state index < -0.39 is 0 Å². The first-order valence-corrected chi connectivity index (χ1v) is 9.06. The van der Waals surface area contributed by atoms with E-state index >= 15 is 0 Å². The van der Waals surface area contributed by atoms with E-state index in [2.05, 4.69) is 20.5 Å².